The van der Waals surface area contributed by atoms with Gasteiger partial charge in [-0.25, -0.2) is 0 Å². The molecule has 2 heterocycles. The van der Waals surface area contributed by atoms with Gasteiger partial charge in [-0.15, -0.1) is 0 Å². The van der Waals surface area contributed by atoms with E-state index in [0.717, 1.165) is 25.8 Å². The minimum Gasteiger partial charge on any atom is -0.329 e. The second-order valence-corrected chi connectivity index (χ2v) is 7.45. The molecule has 2 atom stereocenters. The third-order valence-electron chi connectivity index (χ3n) is 4.98. The SMILES string of the molecule is CCCCCC(C)(C)CN1C(=O)C2CCCN2C(=O)C1C. The molecule has 0 radical (unpaired) electrons. The molecule has 2 saturated heterocycles. The smallest absolute Gasteiger partial charge is 0.246 e. The van der Waals surface area contributed by atoms with Crippen LogP contribution in [0.25, 0.3) is 0 Å². The number of rotatable bonds is 6. The predicted octanol–water partition coefficient (Wildman–Crippen LogP) is 2.81. The van der Waals surface area contributed by atoms with E-state index in [1.807, 2.05) is 11.8 Å². The molecule has 2 rings (SSSR count). The summed E-state index contributed by atoms with van der Waals surface area (Å²) in [5, 5.41) is 0. The molecule has 2 unspecified atom stereocenters. The molecular weight excluding hydrogens is 264 g/mol. The lowest BCUT2D eigenvalue weighted by Gasteiger charge is -2.44. The molecule has 0 aromatic rings. The Morgan fingerprint density at radius 3 is 2.57 bits per heavy atom. The van der Waals surface area contributed by atoms with E-state index in [1.54, 1.807) is 4.90 Å². The van der Waals surface area contributed by atoms with Crippen molar-refractivity contribution in [3.8, 4) is 0 Å². The van der Waals surface area contributed by atoms with Crippen LogP contribution in [0.4, 0.5) is 0 Å². The first-order valence-corrected chi connectivity index (χ1v) is 8.48. The van der Waals surface area contributed by atoms with Gasteiger partial charge in [0, 0.05) is 13.1 Å². The van der Waals surface area contributed by atoms with Crippen molar-refractivity contribution >= 4 is 11.8 Å². The van der Waals surface area contributed by atoms with Crippen LogP contribution in [-0.2, 0) is 9.59 Å². The average Bonchev–Trinajstić information content (AvgIpc) is 2.91. The van der Waals surface area contributed by atoms with Crippen molar-refractivity contribution in [1.29, 1.82) is 0 Å². The lowest BCUT2D eigenvalue weighted by atomic mass is 9.85. The van der Waals surface area contributed by atoms with E-state index in [9.17, 15) is 9.59 Å². The third kappa shape index (κ3) is 3.41. The number of carbonyl (C=O) groups is 2. The summed E-state index contributed by atoms with van der Waals surface area (Å²) in [5.74, 6) is 0.310. The van der Waals surface area contributed by atoms with Crippen LogP contribution in [0, 0.1) is 5.41 Å². The molecule has 4 heteroatoms. The maximum atomic E-state index is 12.7. The molecule has 2 fully saturated rings. The summed E-state index contributed by atoms with van der Waals surface area (Å²) in [6, 6.07) is -0.475. The minimum absolute atomic E-state index is 0.0835. The van der Waals surface area contributed by atoms with Crippen LogP contribution in [0.15, 0.2) is 0 Å². The van der Waals surface area contributed by atoms with Crippen molar-refractivity contribution in [1.82, 2.24) is 9.80 Å². The highest BCUT2D eigenvalue weighted by atomic mass is 16.2. The van der Waals surface area contributed by atoms with Crippen LogP contribution in [-0.4, -0.2) is 46.8 Å². The Kier molecular flexibility index (Phi) is 4.95. The molecule has 0 saturated carbocycles. The Morgan fingerprint density at radius 1 is 1.19 bits per heavy atom. The average molecular weight is 294 g/mol. The summed E-state index contributed by atoms with van der Waals surface area (Å²) >= 11 is 0. The number of piperazine rings is 1. The fourth-order valence-corrected chi connectivity index (χ4v) is 3.65. The number of carbonyl (C=O) groups excluding carboxylic acids is 2. The van der Waals surface area contributed by atoms with E-state index in [-0.39, 0.29) is 29.3 Å². The Hall–Kier alpha value is -1.06. The zero-order valence-corrected chi connectivity index (χ0v) is 14.0. The van der Waals surface area contributed by atoms with Crippen LogP contribution < -0.4 is 0 Å². The monoisotopic (exact) mass is 294 g/mol. The van der Waals surface area contributed by atoms with Crippen molar-refractivity contribution in [3.63, 3.8) is 0 Å². The van der Waals surface area contributed by atoms with Crippen LogP contribution in [0.1, 0.15) is 66.2 Å². The van der Waals surface area contributed by atoms with E-state index in [2.05, 4.69) is 20.8 Å². The molecule has 21 heavy (non-hydrogen) atoms. The number of hydrogen-bond donors (Lipinski definition) is 0. The predicted molar refractivity (Wildman–Crippen MR) is 83.8 cm³/mol. The Morgan fingerprint density at radius 2 is 1.90 bits per heavy atom. The van der Waals surface area contributed by atoms with Gasteiger partial charge in [-0.2, -0.15) is 0 Å². The first-order chi connectivity index (χ1) is 9.87. The first kappa shape index (κ1) is 16.3. The zero-order valence-electron chi connectivity index (χ0n) is 14.0. The van der Waals surface area contributed by atoms with E-state index < -0.39 is 0 Å². The molecular formula is C17H30N2O2. The van der Waals surface area contributed by atoms with Gasteiger partial charge in [-0.05, 0) is 31.6 Å². The molecule has 4 nitrogen and oxygen atoms in total. The van der Waals surface area contributed by atoms with Gasteiger partial charge >= 0.3 is 0 Å². The summed E-state index contributed by atoms with van der Waals surface area (Å²) < 4.78 is 0. The van der Waals surface area contributed by atoms with Crippen molar-refractivity contribution in [2.75, 3.05) is 13.1 Å². The number of nitrogens with zero attached hydrogens (tertiary/aromatic N) is 2. The molecule has 0 aliphatic carbocycles. The van der Waals surface area contributed by atoms with Crippen LogP contribution in [0.5, 0.6) is 0 Å². The second-order valence-electron chi connectivity index (χ2n) is 7.45. The van der Waals surface area contributed by atoms with E-state index >= 15 is 0 Å². The fourth-order valence-electron chi connectivity index (χ4n) is 3.65. The lowest BCUT2D eigenvalue weighted by molar-refractivity contribution is -0.160. The number of hydrogen-bond acceptors (Lipinski definition) is 2. The molecule has 120 valence electrons. The van der Waals surface area contributed by atoms with Gasteiger partial charge in [-0.1, -0.05) is 40.0 Å². The van der Waals surface area contributed by atoms with E-state index in [4.69, 9.17) is 0 Å². The highest BCUT2D eigenvalue weighted by Gasteiger charge is 2.46. The largest absolute Gasteiger partial charge is 0.329 e. The van der Waals surface area contributed by atoms with Crippen LogP contribution in [0.3, 0.4) is 0 Å². The Labute approximate surface area is 128 Å². The summed E-state index contributed by atoms with van der Waals surface area (Å²) in [4.78, 5) is 28.8. The molecule has 2 amide bonds. The van der Waals surface area contributed by atoms with Gasteiger partial charge in [0.2, 0.25) is 11.8 Å². The molecule has 0 N–H and O–H groups in total. The maximum Gasteiger partial charge on any atom is 0.246 e. The molecule has 0 aromatic carbocycles. The van der Waals surface area contributed by atoms with Crippen molar-refractivity contribution in [2.45, 2.75) is 78.3 Å². The topological polar surface area (TPSA) is 40.6 Å². The number of fused-ring (bicyclic) bond motifs is 1. The summed E-state index contributed by atoms with van der Waals surface area (Å²) in [6.07, 6.45) is 6.56. The molecule has 0 spiro atoms. The normalized spacial score (nSPS) is 26.5. The molecule has 0 aromatic heterocycles. The zero-order chi connectivity index (χ0) is 15.6. The van der Waals surface area contributed by atoms with Crippen LogP contribution >= 0.6 is 0 Å². The summed E-state index contributed by atoms with van der Waals surface area (Å²) in [6.45, 7) is 9.98. The van der Waals surface area contributed by atoms with Gasteiger partial charge in [0.05, 0.1) is 0 Å². The number of amides is 2. The lowest BCUT2D eigenvalue weighted by Crippen LogP contribution is -2.63. The minimum atomic E-state index is -0.294. The van der Waals surface area contributed by atoms with Gasteiger partial charge in [0.1, 0.15) is 12.1 Å². The van der Waals surface area contributed by atoms with Gasteiger partial charge < -0.3 is 9.80 Å². The highest BCUT2D eigenvalue weighted by molar-refractivity contribution is 5.97. The summed E-state index contributed by atoms with van der Waals surface area (Å²) in [7, 11) is 0. The Balaban J connectivity index is 2.04. The van der Waals surface area contributed by atoms with Gasteiger partial charge in [0.15, 0.2) is 0 Å². The first-order valence-electron chi connectivity index (χ1n) is 8.48. The quantitative estimate of drug-likeness (QED) is 0.707. The van der Waals surface area contributed by atoms with Crippen molar-refractivity contribution < 1.29 is 9.59 Å². The van der Waals surface area contributed by atoms with Gasteiger partial charge in [0.25, 0.3) is 0 Å². The third-order valence-corrected chi connectivity index (χ3v) is 4.98. The van der Waals surface area contributed by atoms with Crippen molar-refractivity contribution in [2.24, 2.45) is 5.41 Å². The highest BCUT2D eigenvalue weighted by Crippen LogP contribution is 2.31. The number of unbranched alkanes of at least 4 members (excludes halogenated alkanes) is 2. The van der Waals surface area contributed by atoms with E-state index in [1.165, 1.54) is 19.3 Å². The van der Waals surface area contributed by atoms with Gasteiger partial charge in [-0.3, -0.25) is 9.59 Å². The molecule has 2 aliphatic heterocycles. The fraction of sp³-hybridized carbons (Fsp3) is 0.882. The van der Waals surface area contributed by atoms with E-state index in [0.29, 0.717) is 6.54 Å². The standard InChI is InChI=1S/C17H30N2O2/c1-5-6-7-10-17(3,4)12-19-13(2)15(20)18-11-8-9-14(18)16(19)21/h13-14H,5-12H2,1-4H3. The van der Waals surface area contributed by atoms with Crippen molar-refractivity contribution in [3.05, 3.63) is 0 Å². The summed E-state index contributed by atoms with van der Waals surface area (Å²) in [5.41, 5.74) is 0.0835. The molecule has 2 aliphatic rings. The maximum absolute atomic E-state index is 12.7. The molecule has 0 bridgehead atoms. The Bertz CT molecular complexity index is 406. The van der Waals surface area contributed by atoms with Crippen LogP contribution in [0.2, 0.25) is 0 Å². The second kappa shape index (κ2) is 6.37.